The molecule has 0 fully saturated rings. The predicted molar refractivity (Wildman–Crippen MR) is 135 cm³/mol. The maximum Gasteiger partial charge on any atom is 0.361 e. The van der Waals surface area contributed by atoms with Crippen molar-refractivity contribution < 1.29 is 13.6 Å². The van der Waals surface area contributed by atoms with E-state index in [2.05, 4.69) is 48.5 Å². The lowest BCUT2D eigenvalue weighted by molar-refractivity contribution is 0.230. The van der Waals surface area contributed by atoms with E-state index in [1.807, 2.05) is 56.3 Å². The van der Waals surface area contributed by atoms with Gasteiger partial charge in [-0.1, -0.05) is 78.9 Å². The van der Waals surface area contributed by atoms with Crippen LogP contribution in [0.15, 0.2) is 91.0 Å². The quantitative estimate of drug-likeness (QED) is 0.200. The Morgan fingerprint density at radius 2 is 1.03 bits per heavy atom. The summed E-state index contributed by atoms with van der Waals surface area (Å²) in [5.41, 5.74) is 1.87. The first kappa shape index (κ1) is 20.9. The van der Waals surface area contributed by atoms with Crippen LogP contribution in [0, 0.1) is 0 Å². The molecule has 0 saturated heterocycles. The van der Waals surface area contributed by atoms with E-state index in [0.717, 1.165) is 27.3 Å². The van der Waals surface area contributed by atoms with Crippen molar-refractivity contribution >= 4 is 45.2 Å². The molecule has 0 bridgehead atoms. The number of fused-ring (bicyclic) bond motifs is 6. The van der Waals surface area contributed by atoms with Crippen LogP contribution in [0.3, 0.4) is 0 Å². The Labute approximate surface area is 188 Å². The second-order valence-corrected chi connectivity index (χ2v) is 9.70. The van der Waals surface area contributed by atoms with Crippen molar-refractivity contribution in [3.05, 3.63) is 91.0 Å². The van der Waals surface area contributed by atoms with Gasteiger partial charge < -0.3 is 9.05 Å². The smallest absolute Gasteiger partial charge is 0.305 e. The zero-order chi connectivity index (χ0) is 22.1. The third kappa shape index (κ3) is 3.43. The van der Waals surface area contributed by atoms with Gasteiger partial charge in [-0.05, 0) is 69.4 Å². The van der Waals surface area contributed by atoms with Crippen LogP contribution < -0.4 is 5.30 Å². The zero-order valence-electron chi connectivity index (χ0n) is 18.2. The van der Waals surface area contributed by atoms with Gasteiger partial charge in [-0.25, -0.2) is 0 Å². The summed E-state index contributed by atoms with van der Waals surface area (Å²) in [5, 5.41) is 7.47. The highest BCUT2D eigenvalue weighted by Crippen LogP contribution is 2.50. The molecule has 160 valence electrons. The van der Waals surface area contributed by atoms with Crippen LogP contribution in [0.25, 0.3) is 43.4 Å². The minimum Gasteiger partial charge on any atom is -0.305 e. The van der Waals surface area contributed by atoms with E-state index in [4.69, 9.17) is 9.05 Å². The molecule has 0 aliphatic heterocycles. The van der Waals surface area contributed by atoms with Crippen molar-refractivity contribution in [1.82, 2.24) is 0 Å². The molecule has 0 aromatic heterocycles. The molecule has 0 radical (unpaired) electrons. The molecule has 5 rings (SSSR count). The van der Waals surface area contributed by atoms with Crippen LogP contribution in [0.5, 0.6) is 0 Å². The van der Waals surface area contributed by atoms with Crippen LogP contribution in [0.1, 0.15) is 13.8 Å². The predicted octanol–water partition coefficient (Wildman–Crippen LogP) is 7.70. The van der Waals surface area contributed by atoms with Gasteiger partial charge in [0.1, 0.15) is 0 Å². The van der Waals surface area contributed by atoms with Crippen molar-refractivity contribution in [2.45, 2.75) is 13.8 Å². The molecule has 0 saturated carbocycles. The molecule has 0 spiro atoms. The molecule has 0 aliphatic rings. The summed E-state index contributed by atoms with van der Waals surface area (Å²) in [6, 6.07) is 31.1. The van der Waals surface area contributed by atoms with E-state index in [1.54, 1.807) is 0 Å². The number of hydrogen-bond acceptors (Lipinski definition) is 3. The summed E-state index contributed by atoms with van der Waals surface area (Å²) in [7, 11) is -3.52. The second-order valence-electron chi connectivity index (χ2n) is 7.71. The van der Waals surface area contributed by atoms with Gasteiger partial charge in [-0.3, -0.25) is 4.57 Å². The number of rotatable bonds is 6. The third-order valence-corrected chi connectivity index (χ3v) is 7.99. The highest BCUT2D eigenvalue weighted by atomic mass is 31.2. The molecule has 5 aromatic carbocycles. The summed E-state index contributed by atoms with van der Waals surface area (Å²) < 4.78 is 25.6. The topological polar surface area (TPSA) is 35.5 Å². The lowest BCUT2D eigenvalue weighted by Crippen LogP contribution is -2.14. The van der Waals surface area contributed by atoms with E-state index in [-0.39, 0.29) is 0 Å². The van der Waals surface area contributed by atoms with Gasteiger partial charge in [0.25, 0.3) is 0 Å². The molecule has 0 atom stereocenters. The third-order valence-electron chi connectivity index (χ3n) is 5.84. The molecule has 0 N–H and O–H groups in total. The second kappa shape index (κ2) is 8.52. The normalized spacial score (nSPS) is 12.1. The minimum atomic E-state index is -3.52. The Morgan fingerprint density at radius 1 is 0.594 bits per heavy atom. The first-order chi connectivity index (χ1) is 15.7. The van der Waals surface area contributed by atoms with E-state index in [9.17, 15) is 4.57 Å². The molecule has 4 heteroatoms. The average molecular weight is 440 g/mol. The van der Waals surface area contributed by atoms with Gasteiger partial charge in [-0.15, -0.1) is 0 Å². The highest BCUT2D eigenvalue weighted by molar-refractivity contribution is 7.62. The van der Waals surface area contributed by atoms with Crippen LogP contribution in [-0.2, 0) is 13.6 Å². The average Bonchev–Trinajstić information content (AvgIpc) is 2.84. The van der Waals surface area contributed by atoms with Gasteiger partial charge in [0.15, 0.2) is 0 Å². The highest BCUT2D eigenvalue weighted by Gasteiger charge is 2.31. The molecule has 32 heavy (non-hydrogen) atoms. The van der Waals surface area contributed by atoms with Gasteiger partial charge in [0, 0.05) is 0 Å². The fourth-order valence-corrected chi connectivity index (χ4v) is 6.34. The summed E-state index contributed by atoms with van der Waals surface area (Å²) >= 11 is 0. The van der Waals surface area contributed by atoms with Gasteiger partial charge in [-0.2, -0.15) is 0 Å². The molecule has 3 nitrogen and oxygen atoms in total. The monoisotopic (exact) mass is 440 g/mol. The number of hydrogen-bond donors (Lipinski definition) is 0. The molecule has 5 aromatic rings. The Kier molecular flexibility index (Phi) is 5.57. The van der Waals surface area contributed by atoms with Crippen molar-refractivity contribution in [1.29, 1.82) is 0 Å². The summed E-state index contributed by atoms with van der Waals surface area (Å²) in [6.07, 6.45) is 0. The first-order valence-corrected chi connectivity index (χ1v) is 12.5. The maximum absolute atomic E-state index is 14.0. The zero-order valence-corrected chi connectivity index (χ0v) is 19.1. The van der Waals surface area contributed by atoms with Crippen LogP contribution in [0.2, 0.25) is 0 Å². The fourth-order valence-electron chi connectivity index (χ4n) is 4.53. The molecule has 0 amide bonds. The standard InChI is InChI=1S/C28H25O3P/c1-3-30-32(29,31-4-2)28-19-27-24-17-11-9-15-22(24)21-14-8-10-16-23(21)26(27)18-25(28)20-12-6-5-7-13-20/h5-19H,3-4H2,1-2H3. The molecular formula is C28H25O3P. The number of benzene rings is 5. The van der Waals surface area contributed by atoms with Crippen LogP contribution >= 0.6 is 7.60 Å². The Bertz CT molecular complexity index is 1460. The van der Waals surface area contributed by atoms with Crippen molar-refractivity contribution in [3.63, 3.8) is 0 Å². The summed E-state index contributed by atoms with van der Waals surface area (Å²) in [5.74, 6) is 0. The van der Waals surface area contributed by atoms with Crippen molar-refractivity contribution in [2.24, 2.45) is 0 Å². The van der Waals surface area contributed by atoms with Crippen molar-refractivity contribution in [2.75, 3.05) is 13.2 Å². The van der Waals surface area contributed by atoms with Crippen LogP contribution in [-0.4, -0.2) is 13.2 Å². The Hall–Kier alpha value is -2.97. The SMILES string of the molecule is CCOP(=O)(OCC)c1cc2c3ccccc3c3ccccc3c2cc1-c1ccccc1. The van der Waals surface area contributed by atoms with E-state index in [0.29, 0.717) is 18.5 Å². The molecule has 0 heterocycles. The van der Waals surface area contributed by atoms with E-state index in [1.165, 1.54) is 16.2 Å². The molecule has 0 unspecified atom stereocenters. The van der Waals surface area contributed by atoms with E-state index < -0.39 is 7.60 Å². The van der Waals surface area contributed by atoms with Crippen molar-refractivity contribution in [3.8, 4) is 11.1 Å². The van der Waals surface area contributed by atoms with Crippen LogP contribution in [0.4, 0.5) is 0 Å². The van der Waals surface area contributed by atoms with Gasteiger partial charge in [0.05, 0.1) is 18.5 Å². The minimum absolute atomic E-state index is 0.308. The van der Waals surface area contributed by atoms with Gasteiger partial charge >= 0.3 is 7.60 Å². The summed E-state index contributed by atoms with van der Waals surface area (Å²) in [4.78, 5) is 0. The maximum atomic E-state index is 14.0. The Morgan fingerprint density at radius 3 is 1.53 bits per heavy atom. The van der Waals surface area contributed by atoms with E-state index >= 15 is 0 Å². The summed E-state index contributed by atoms with van der Waals surface area (Å²) in [6.45, 7) is 4.31. The first-order valence-electron chi connectivity index (χ1n) is 11.0. The Balaban J connectivity index is 1.98. The fraction of sp³-hybridized carbons (Fsp3) is 0.143. The van der Waals surface area contributed by atoms with Gasteiger partial charge in [0.2, 0.25) is 0 Å². The largest absolute Gasteiger partial charge is 0.361 e. The lowest BCUT2D eigenvalue weighted by Gasteiger charge is -2.22. The lowest BCUT2D eigenvalue weighted by atomic mass is 9.92. The molecule has 0 aliphatic carbocycles. The molecular weight excluding hydrogens is 415 g/mol.